The van der Waals surface area contributed by atoms with Crippen molar-refractivity contribution in [1.29, 1.82) is 0 Å². The highest BCUT2D eigenvalue weighted by atomic mass is 16.5. The lowest BCUT2D eigenvalue weighted by Crippen LogP contribution is -2.38. The summed E-state index contributed by atoms with van der Waals surface area (Å²) in [5.74, 6) is 0.725. The normalized spacial score (nSPS) is 14.5. The predicted molar refractivity (Wildman–Crippen MR) is 131 cm³/mol. The Morgan fingerprint density at radius 3 is 2.79 bits per heavy atom. The number of carbonyl (C=O) groups excluding carboxylic acids is 1. The smallest absolute Gasteiger partial charge is 0.252 e. The zero-order valence-corrected chi connectivity index (χ0v) is 19.8. The van der Waals surface area contributed by atoms with Crippen molar-refractivity contribution in [3.05, 3.63) is 70.9 Å². The number of likely N-dealkylation sites (N-methyl/N-ethyl adjacent to an activating group) is 1. The number of hydrogen-bond donors (Lipinski definition) is 1. The maximum atomic E-state index is 13.0. The van der Waals surface area contributed by atoms with E-state index in [0.29, 0.717) is 24.8 Å². The van der Waals surface area contributed by atoms with Gasteiger partial charge in [-0.3, -0.25) is 14.7 Å². The Morgan fingerprint density at radius 2 is 1.97 bits per heavy atom. The van der Waals surface area contributed by atoms with E-state index in [-0.39, 0.29) is 5.91 Å². The lowest BCUT2D eigenvalue weighted by atomic mass is 10.0. The maximum absolute atomic E-state index is 13.0. The third-order valence-corrected chi connectivity index (χ3v) is 6.22. The third kappa shape index (κ3) is 6.09. The van der Waals surface area contributed by atoms with Crippen molar-refractivity contribution < 1.29 is 14.3 Å². The second-order valence-corrected chi connectivity index (χ2v) is 8.83. The van der Waals surface area contributed by atoms with Crippen LogP contribution in [0.15, 0.2) is 48.5 Å². The van der Waals surface area contributed by atoms with E-state index in [4.69, 9.17) is 9.47 Å². The molecule has 1 aromatic heterocycles. The number of carbonyl (C=O) groups is 1. The zero-order valence-electron chi connectivity index (χ0n) is 19.8. The van der Waals surface area contributed by atoms with Crippen molar-refractivity contribution in [3.8, 4) is 5.75 Å². The molecular formula is C27H33N3O3. The molecule has 0 aliphatic carbocycles. The van der Waals surface area contributed by atoms with Gasteiger partial charge in [0.25, 0.3) is 5.91 Å². The molecule has 1 fully saturated rings. The fraction of sp³-hybridized carbons (Fsp3) is 0.407. The number of hydrogen-bond acceptors (Lipinski definition) is 5. The first-order valence-electron chi connectivity index (χ1n) is 11.7. The van der Waals surface area contributed by atoms with Gasteiger partial charge in [-0.25, -0.2) is 0 Å². The van der Waals surface area contributed by atoms with E-state index in [9.17, 15) is 4.79 Å². The lowest BCUT2D eigenvalue weighted by molar-refractivity contribution is 0.0392. The number of benzene rings is 2. The van der Waals surface area contributed by atoms with Crippen LogP contribution in [-0.4, -0.2) is 55.2 Å². The molecule has 0 radical (unpaired) electrons. The first-order chi connectivity index (χ1) is 16.0. The van der Waals surface area contributed by atoms with Crippen molar-refractivity contribution in [2.24, 2.45) is 0 Å². The zero-order chi connectivity index (χ0) is 23.2. The summed E-state index contributed by atoms with van der Waals surface area (Å²) in [4.78, 5) is 19.9. The molecule has 4 rings (SSSR count). The van der Waals surface area contributed by atoms with Crippen LogP contribution in [0.3, 0.4) is 0 Å². The van der Waals surface area contributed by atoms with Gasteiger partial charge in [0, 0.05) is 43.4 Å². The lowest BCUT2D eigenvalue weighted by Gasteiger charge is -2.31. The molecule has 6 nitrogen and oxygen atoms in total. The van der Waals surface area contributed by atoms with Crippen molar-refractivity contribution in [2.75, 3.05) is 33.4 Å². The molecule has 2 aromatic carbocycles. The molecule has 33 heavy (non-hydrogen) atoms. The predicted octanol–water partition coefficient (Wildman–Crippen LogP) is 4.27. The van der Waals surface area contributed by atoms with Gasteiger partial charge in [-0.1, -0.05) is 23.8 Å². The van der Waals surface area contributed by atoms with E-state index >= 15 is 0 Å². The van der Waals surface area contributed by atoms with E-state index in [1.54, 1.807) is 0 Å². The second kappa shape index (κ2) is 10.8. The molecule has 0 atom stereocenters. The summed E-state index contributed by atoms with van der Waals surface area (Å²) in [6.45, 7) is 7.57. The van der Waals surface area contributed by atoms with E-state index < -0.39 is 0 Å². The second-order valence-electron chi connectivity index (χ2n) is 8.83. The van der Waals surface area contributed by atoms with E-state index in [1.807, 2.05) is 62.4 Å². The molecule has 6 heteroatoms. The molecule has 0 spiro atoms. The number of ether oxygens (including phenoxy) is 2. The van der Waals surface area contributed by atoms with Gasteiger partial charge in [-0.15, -0.1) is 0 Å². The summed E-state index contributed by atoms with van der Waals surface area (Å²) in [6, 6.07) is 16.3. The van der Waals surface area contributed by atoms with Crippen LogP contribution in [0.25, 0.3) is 10.9 Å². The highest BCUT2D eigenvalue weighted by molar-refractivity contribution is 6.06. The van der Waals surface area contributed by atoms with Gasteiger partial charge in [-0.05, 0) is 69.6 Å². The Hall–Kier alpha value is -2.96. The minimum Gasteiger partial charge on any atom is -0.492 e. The van der Waals surface area contributed by atoms with Gasteiger partial charge < -0.3 is 14.8 Å². The number of nitrogens with one attached hydrogen (secondary N) is 1. The summed E-state index contributed by atoms with van der Waals surface area (Å²) in [5.41, 5.74) is 4.44. The number of nitrogens with zero attached hydrogens (tertiary/aromatic N) is 2. The number of aromatic nitrogens is 1. The van der Waals surface area contributed by atoms with Crippen molar-refractivity contribution in [3.63, 3.8) is 0 Å². The summed E-state index contributed by atoms with van der Waals surface area (Å²) < 4.78 is 11.4. The third-order valence-electron chi connectivity index (χ3n) is 6.22. The van der Waals surface area contributed by atoms with Crippen LogP contribution in [-0.2, 0) is 11.3 Å². The Morgan fingerprint density at radius 1 is 1.15 bits per heavy atom. The Labute approximate surface area is 195 Å². The van der Waals surface area contributed by atoms with Crippen LogP contribution >= 0.6 is 0 Å². The van der Waals surface area contributed by atoms with Gasteiger partial charge in [0.2, 0.25) is 0 Å². The van der Waals surface area contributed by atoms with Crippen LogP contribution in [0, 0.1) is 13.8 Å². The monoisotopic (exact) mass is 447 g/mol. The Bertz CT molecular complexity index is 1110. The van der Waals surface area contributed by atoms with Crippen LogP contribution in [0.5, 0.6) is 5.75 Å². The van der Waals surface area contributed by atoms with E-state index in [0.717, 1.165) is 66.1 Å². The Balaban J connectivity index is 1.34. The quantitative estimate of drug-likeness (QED) is 0.559. The number of rotatable bonds is 8. The molecular weight excluding hydrogens is 414 g/mol. The molecule has 0 saturated carbocycles. The number of amides is 1. The van der Waals surface area contributed by atoms with Crippen LogP contribution in [0.2, 0.25) is 0 Å². The minimum absolute atomic E-state index is 0.0968. The Kier molecular flexibility index (Phi) is 7.57. The molecule has 1 aliphatic heterocycles. The highest BCUT2D eigenvalue weighted by Crippen LogP contribution is 2.21. The minimum atomic E-state index is -0.0968. The average Bonchev–Trinajstić information content (AvgIpc) is 2.83. The molecule has 1 aliphatic rings. The fourth-order valence-corrected chi connectivity index (χ4v) is 4.30. The molecule has 2 heterocycles. The molecule has 3 aromatic rings. The van der Waals surface area contributed by atoms with Gasteiger partial charge in [0.1, 0.15) is 12.4 Å². The molecule has 0 unspecified atom stereocenters. The summed E-state index contributed by atoms with van der Waals surface area (Å²) in [6.07, 6.45) is 2.16. The van der Waals surface area contributed by atoms with Crippen molar-refractivity contribution in [1.82, 2.24) is 15.2 Å². The van der Waals surface area contributed by atoms with Crippen molar-refractivity contribution in [2.45, 2.75) is 39.3 Å². The van der Waals surface area contributed by atoms with Gasteiger partial charge in [0.15, 0.2) is 0 Å². The summed E-state index contributed by atoms with van der Waals surface area (Å²) >= 11 is 0. The molecule has 1 amide bonds. The molecule has 1 N–H and O–H groups in total. The fourth-order valence-electron chi connectivity index (χ4n) is 4.30. The number of fused-ring (bicyclic) bond motifs is 1. The summed E-state index contributed by atoms with van der Waals surface area (Å²) in [7, 11) is 2.15. The molecule has 1 saturated heterocycles. The van der Waals surface area contributed by atoms with Crippen LogP contribution in [0.1, 0.15) is 40.0 Å². The molecule has 174 valence electrons. The van der Waals surface area contributed by atoms with Crippen LogP contribution < -0.4 is 10.1 Å². The van der Waals surface area contributed by atoms with Gasteiger partial charge >= 0.3 is 0 Å². The maximum Gasteiger partial charge on any atom is 0.252 e. The molecule has 0 bridgehead atoms. The van der Waals surface area contributed by atoms with E-state index in [2.05, 4.69) is 22.2 Å². The first kappa shape index (κ1) is 23.2. The van der Waals surface area contributed by atoms with E-state index in [1.165, 1.54) is 0 Å². The van der Waals surface area contributed by atoms with Crippen LogP contribution in [0.4, 0.5) is 0 Å². The number of pyridine rings is 1. The summed E-state index contributed by atoms with van der Waals surface area (Å²) in [5, 5.41) is 3.93. The highest BCUT2D eigenvalue weighted by Gasteiger charge is 2.18. The SMILES string of the molecule is Cc1ccc2nc(C)cc(C(=O)NCc3cccc(OCCN(C)C4CCOCC4)c3)c2c1. The first-order valence-corrected chi connectivity index (χ1v) is 11.7. The topological polar surface area (TPSA) is 63.7 Å². The van der Waals surface area contributed by atoms with Gasteiger partial charge in [-0.2, -0.15) is 0 Å². The average molecular weight is 448 g/mol. The van der Waals surface area contributed by atoms with Gasteiger partial charge in [0.05, 0.1) is 11.1 Å². The largest absolute Gasteiger partial charge is 0.492 e. The number of aryl methyl sites for hydroxylation is 2. The van der Waals surface area contributed by atoms with Crippen molar-refractivity contribution >= 4 is 16.8 Å². The standard InChI is InChI=1S/C27H33N3O3/c1-19-7-8-26-24(15-19)25(16-20(2)29-26)27(31)28-18-21-5-4-6-23(17-21)33-14-11-30(3)22-9-12-32-13-10-22/h4-8,15-17,22H,9-14,18H2,1-3H3,(H,28,31).